The molecule has 0 aromatic heterocycles. The molecule has 0 spiro atoms. The van der Waals surface area contributed by atoms with Crippen LogP contribution >= 0.6 is 0 Å². The molecule has 1 atom stereocenters. The predicted molar refractivity (Wildman–Crippen MR) is 74.5 cm³/mol. The fraction of sp³-hybridized carbons (Fsp3) is 1.00. The SMILES string of the molecule is O=S(=O)(CC1CCCN1)N1CCCN(CCO)CC1. The maximum Gasteiger partial charge on any atom is 0.215 e. The van der Waals surface area contributed by atoms with E-state index >= 15 is 0 Å². The Hall–Kier alpha value is -0.210. The van der Waals surface area contributed by atoms with Crippen LogP contribution in [0.5, 0.6) is 0 Å². The molecule has 1 unspecified atom stereocenters. The van der Waals surface area contributed by atoms with Crippen molar-refractivity contribution in [1.29, 1.82) is 0 Å². The third kappa shape index (κ3) is 4.39. The first-order chi connectivity index (χ1) is 9.12. The van der Waals surface area contributed by atoms with Gasteiger partial charge in [-0.15, -0.1) is 0 Å². The van der Waals surface area contributed by atoms with Crippen molar-refractivity contribution < 1.29 is 13.5 Å². The van der Waals surface area contributed by atoms with E-state index in [-0.39, 0.29) is 18.4 Å². The monoisotopic (exact) mass is 291 g/mol. The molecule has 0 radical (unpaired) electrons. The van der Waals surface area contributed by atoms with Crippen LogP contribution in [0.3, 0.4) is 0 Å². The second kappa shape index (κ2) is 6.99. The Kier molecular flexibility index (Phi) is 5.58. The minimum atomic E-state index is -3.15. The molecule has 2 aliphatic heterocycles. The van der Waals surface area contributed by atoms with Crippen LogP contribution in [0.4, 0.5) is 0 Å². The molecular formula is C12H25N3O3S. The lowest BCUT2D eigenvalue weighted by Crippen LogP contribution is -2.41. The molecule has 112 valence electrons. The molecule has 2 saturated heterocycles. The van der Waals surface area contributed by atoms with Crippen LogP contribution in [-0.2, 0) is 10.0 Å². The molecule has 2 aliphatic rings. The maximum atomic E-state index is 12.4. The largest absolute Gasteiger partial charge is 0.395 e. The zero-order chi connectivity index (χ0) is 13.7. The Morgan fingerprint density at radius 1 is 1.16 bits per heavy atom. The second-order valence-corrected chi connectivity index (χ2v) is 7.40. The van der Waals surface area contributed by atoms with Crippen molar-refractivity contribution in [3.8, 4) is 0 Å². The number of aliphatic hydroxyl groups is 1. The van der Waals surface area contributed by atoms with E-state index in [9.17, 15) is 8.42 Å². The van der Waals surface area contributed by atoms with E-state index < -0.39 is 10.0 Å². The lowest BCUT2D eigenvalue weighted by atomic mass is 10.3. The highest BCUT2D eigenvalue weighted by Crippen LogP contribution is 2.13. The summed E-state index contributed by atoms with van der Waals surface area (Å²) in [5.74, 6) is 0.229. The van der Waals surface area contributed by atoms with Gasteiger partial charge in [0.25, 0.3) is 0 Å². The molecule has 0 bridgehead atoms. The highest BCUT2D eigenvalue weighted by Gasteiger charge is 2.29. The Bertz CT molecular complexity index is 368. The van der Waals surface area contributed by atoms with Gasteiger partial charge < -0.3 is 10.4 Å². The Labute approximate surface area is 115 Å². The van der Waals surface area contributed by atoms with Gasteiger partial charge in [0.15, 0.2) is 0 Å². The molecule has 0 amide bonds. The van der Waals surface area contributed by atoms with Crippen molar-refractivity contribution in [2.45, 2.75) is 25.3 Å². The Balaban J connectivity index is 1.88. The summed E-state index contributed by atoms with van der Waals surface area (Å²) < 4.78 is 26.4. The fourth-order valence-corrected chi connectivity index (χ4v) is 4.62. The van der Waals surface area contributed by atoms with E-state index in [0.717, 1.165) is 38.9 Å². The fourth-order valence-electron chi connectivity index (χ4n) is 2.85. The summed E-state index contributed by atoms with van der Waals surface area (Å²) in [4.78, 5) is 2.13. The molecule has 0 aromatic rings. The first kappa shape index (κ1) is 15.2. The maximum absolute atomic E-state index is 12.4. The van der Waals surface area contributed by atoms with Crippen molar-refractivity contribution in [3.63, 3.8) is 0 Å². The second-order valence-electron chi connectivity index (χ2n) is 5.39. The zero-order valence-corrected chi connectivity index (χ0v) is 12.2. The third-order valence-corrected chi connectivity index (χ3v) is 5.91. The van der Waals surface area contributed by atoms with E-state index in [0.29, 0.717) is 19.6 Å². The van der Waals surface area contributed by atoms with Crippen molar-refractivity contribution in [2.75, 3.05) is 51.6 Å². The van der Waals surface area contributed by atoms with Crippen molar-refractivity contribution in [1.82, 2.24) is 14.5 Å². The standard InChI is InChI=1S/C12H25N3O3S/c16-10-9-14-5-2-6-15(8-7-14)19(17,18)11-12-3-1-4-13-12/h12-13,16H,1-11H2. The molecule has 0 saturated carbocycles. The summed E-state index contributed by atoms with van der Waals surface area (Å²) in [5, 5.41) is 12.2. The third-order valence-electron chi connectivity index (χ3n) is 3.93. The quantitative estimate of drug-likeness (QED) is 0.684. The highest BCUT2D eigenvalue weighted by atomic mass is 32.2. The minimum absolute atomic E-state index is 0.127. The molecule has 19 heavy (non-hydrogen) atoms. The summed E-state index contributed by atoms with van der Waals surface area (Å²) in [6.07, 6.45) is 2.88. The summed E-state index contributed by atoms with van der Waals surface area (Å²) in [5.41, 5.74) is 0. The number of hydrogen-bond donors (Lipinski definition) is 2. The average Bonchev–Trinajstić information content (AvgIpc) is 2.73. The van der Waals surface area contributed by atoms with Gasteiger partial charge in [-0.25, -0.2) is 12.7 Å². The smallest absolute Gasteiger partial charge is 0.215 e. The molecular weight excluding hydrogens is 266 g/mol. The van der Waals surface area contributed by atoms with Crippen LogP contribution in [0.1, 0.15) is 19.3 Å². The number of aliphatic hydroxyl groups excluding tert-OH is 1. The number of β-amino-alcohol motifs (C(OH)–C–C–N with tert-alkyl or cyclic N) is 1. The predicted octanol–water partition coefficient (Wildman–Crippen LogP) is -0.932. The molecule has 2 N–H and O–H groups in total. The van der Waals surface area contributed by atoms with Gasteiger partial charge >= 0.3 is 0 Å². The molecule has 2 fully saturated rings. The van der Waals surface area contributed by atoms with E-state index in [1.165, 1.54) is 0 Å². The molecule has 2 heterocycles. The van der Waals surface area contributed by atoms with Gasteiger partial charge in [0.05, 0.1) is 12.4 Å². The average molecular weight is 291 g/mol. The van der Waals surface area contributed by atoms with E-state index in [1.54, 1.807) is 4.31 Å². The molecule has 6 nitrogen and oxygen atoms in total. The molecule has 7 heteroatoms. The first-order valence-electron chi connectivity index (χ1n) is 7.16. The van der Waals surface area contributed by atoms with E-state index in [2.05, 4.69) is 10.2 Å². The van der Waals surface area contributed by atoms with Crippen molar-refractivity contribution >= 4 is 10.0 Å². The number of rotatable bonds is 5. The first-order valence-corrected chi connectivity index (χ1v) is 8.77. The van der Waals surface area contributed by atoms with E-state index in [4.69, 9.17) is 5.11 Å². The lowest BCUT2D eigenvalue weighted by Gasteiger charge is -2.22. The zero-order valence-electron chi connectivity index (χ0n) is 11.4. The summed E-state index contributed by atoms with van der Waals surface area (Å²) in [6, 6.07) is 0.127. The number of nitrogens with one attached hydrogen (secondary N) is 1. The molecule has 0 aromatic carbocycles. The van der Waals surface area contributed by atoms with Gasteiger partial charge in [-0.05, 0) is 32.4 Å². The topological polar surface area (TPSA) is 72.9 Å². The number of nitrogens with zero attached hydrogens (tertiary/aromatic N) is 2. The van der Waals surface area contributed by atoms with Gasteiger partial charge in [-0.3, -0.25) is 4.90 Å². The normalized spacial score (nSPS) is 27.5. The summed E-state index contributed by atoms with van der Waals surface area (Å²) in [7, 11) is -3.15. The number of hydrogen-bond acceptors (Lipinski definition) is 5. The molecule has 2 rings (SSSR count). The van der Waals surface area contributed by atoms with Crippen LogP contribution in [0.25, 0.3) is 0 Å². The highest BCUT2D eigenvalue weighted by molar-refractivity contribution is 7.89. The lowest BCUT2D eigenvalue weighted by molar-refractivity contribution is 0.202. The van der Waals surface area contributed by atoms with Crippen molar-refractivity contribution in [2.24, 2.45) is 0 Å². The van der Waals surface area contributed by atoms with Crippen LogP contribution in [0.15, 0.2) is 0 Å². The van der Waals surface area contributed by atoms with Crippen LogP contribution in [-0.4, -0.2) is 80.4 Å². The summed E-state index contributed by atoms with van der Waals surface area (Å²) >= 11 is 0. The summed E-state index contributed by atoms with van der Waals surface area (Å²) in [6.45, 7) is 4.46. The van der Waals surface area contributed by atoms with E-state index in [1.807, 2.05) is 0 Å². The molecule has 0 aliphatic carbocycles. The van der Waals surface area contributed by atoms with Gasteiger partial charge in [-0.2, -0.15) is 0 Å². The van der Waals surface area contributed by atoms with Gasteiger partial charge in [0.2, 0.25) is 10.0 Å². The van der Waals surface area contributed by atoms with Crippen LogP contribution in [0, 0.1) is 0 Å². The minimum Gasteiger partial charge on any atom is -0.395 e. The Morgan fingerprint density at radius 3 is 2.68 bits per heavy atom. The van der Waals surface area contributed by atoms with Gasteiger partial charge in [-0.1, -0.05) is 0 Å². The van der Waals surface area contributed by atoms with Gasteiger partial charge in [0, 0.05) is 32.2 Å². The van der Waals surface area contributed by atoms with Gasteiger partial charge in [0.1, 0.15) is 0 Å². The number of sulfonamides is 1. The Morgan fingerprint density at radius 2 is 2.00 bits per heavy atom. The van der Waals surface area contributed by atoms with Crippen LogP contribution < -0.4 is 5.32 Å². The van der Waals surface area contributed by atoms with Crippen LogP contribution in [0.2, 0.25) is 0 Å². The van der Waals surface area contributed by atoms with Crippen molar-refractivity contribution in [3.05, 3.63) is 0 Å².